The Morgan fingerprint density at radius 3 is 2.57 bits per heavy atom. The summed E-state index contributed by atoms with van der Waals surface area (Å²) in [4.78, 5) is 16.1. The first-order chi connectivity index (χ1) is 11.0. The lowest BCUT2D eigenvalue weighted by Gasteiger charge is -2.09. The van der Waals surface area contributed by atoms with Crippen LogP contribution in [-0.2, 0) is 0 Å². The Balaban J connectivity index is 2.24. The minimum Gasteiger partial charge on any atom is -0.495 e. The first kappa shape index (κ1) is 15.6. The topological polar surface area (TPSA) is 59.4 Å². The molecule has 0 aliphatic carbocycles. The Hall–Kier alpha value is -2.30. The molecule has 0 radical (unpaired) electrons. The Morgan fingerprint density at radius 1 is 1.13 bits per heavy atom. The number of nitrogens with zero attached hydrogens (tertiary/aromatic N) is 1. The highest BCUT2D eigenvalue weighted by Crippen LogP contribution is 2.32. The summed E-state index contributed by atoms with van der Waals surface area (Å²) >= 11 is 12.1. The number of hydrogen-bond acceptors (Lipinski definition) is 3. The Labute approximate surface area is 142 Å². The average Bonchev–Trinajstić information content (AvgIpc) is 2.53. The summed E-state index contributed by atoms with van der Waals surface area (Å²) in [5, 5.41) is 10.8. The summed E-state index contributed by atoms with van der Waals surface area (Å²) < 4.78 is 5.12. The van der Waals surface area contributed by atoms with Gasteiger partial charge in [-0.1, -0.05) is 23.2 Å². The number of pyridine rings is 1. The average molecular weight is 348 g/mol. The van der Waals surface area contributed by atoms with Gasteiger partial charge in [-0.05, 0) is 42.5 Å². The molecule has 0 aliphatic rings. The summed E-state index contributed by atoms with van der Waals surface area (Å²) in [6, 6.07) is 11.7. The molecule has 6 heteroatoms. The largest absolute Gasteiger partial charge is 0.495 e. The van der Waals surface area contributed by atoms with Crippen molar-refractivity contribution in [3.63, 3.8) is 0 Å². The molecule has 0 spiro atoms. The number of rotatable bonds is 3. The Morgan fingerprint density at radius 2 is 1.91 bits per heavy atom. The molecule has 1 aromatic heterocycles. The maximum atomic E-state index is 11.6. The van der Waals surface area contributed by atoms with Crippen LogP contribution in [0, 0.1) is 0 Å². The van der Waals surface area contributed by atoms with Crippen molar-refractivity contribution in [2.45, 2.75) is 0 Å². The molecule has 1 N–H and O–H groups in total. The van der Waals surface area contributed by atoms with E-state index in [0.29, 0.717) is 38.0 Å². The molecule has 3 aromatic rings. The van der Waals surface area contributed by atoms with E-state index in [1.807, 2.05) is 0 Å². The molecule has 0 amide bonds. The zero-order valence-electron chi connectivity index (χ0n) is 12.0. The van der Waals surface area contributed by atoms with Crippen LogP contribution in [0.1, 0.15) is 10.4 Å². The maximum Gasteiger partial charge on any atom is 0.336 e. The van der Waals surface area contributed by atoms with Gasteiger partial charge in [0, 0.05) is 16.0 Å². The van der Waals surface area contributed by atoms with Crippen molar-refractivity contribution in [2.24, 2.45) is 0 Å². The number of halogens is 2. The van der Waals surface area contributed by atoms with Crippen molar-refractivity contribution >= 4 is 40.1 Å². The molecule has 0 bridgehead atoms. The smallest absolute Gasteiger partial charge is 0.336 e. The van der Waals surface area contributed by atoms with Crippen LogP contribution in [0.25, 0.3) is 22.2 Å². The lowest BCUT2D eigenvalue weighted by Crippen LogP contribution is -2.00. The zero-order chi connectivity index (χ0) is 16.6. The third kappa shape index (κ3) is 2.96. The summed E-state index contributed by atoms with van der Waals surface area (Å²) in [5.41, 5.74) is 1.91. The standard InChI is InChI=1S/C17H11Cl2NO3/c1-23-16-5-2-9(6-13(16)19)15-8-12(17(21)22)11-7-10(18)3-4-14(11)20-15/h2-8H,1H3,(H,21,22). The molecule has 0 saturated carbocycles. The van der Waals surface area contributed by atoms with Gasteiger partial charge in [-0.25, -0.2) is 9.78 Å². The second-order valence-electron chi connectivity index (χ2n) is 4.87. The predicted octanol–water partition coefficient (Wildman–Crippen LogP) is 4.92. The van der Waals surface area contributed by atoms with Crippen LogP contribution >= 0.6 is 23.2 Å². The van der Waals surface area contributed by atoms with E-state index in [2.05, 4.69) is 4.98 Å². The second-order valence-corrected chi connectivity index (χ2v) is 5.71. The van der Waals surface area contributed by atoms with Gasteiger partial charge in [0.15, 0.2) is 0 Å². The number of aromatic carboxylic acids is 1. The summed E-state index contributed by atoms with van der Waals surface area (Å²) in [7, 11) is 1.53. The summed E-state index contributed by atoms with van der Waals surface area (Å²) in [6.45, 7) is 0. The number of benzene rings is 2. The fourth-order valence-electron chi connectivity index (χ4n) is 2.35. The molecular formula is C17H11Cl2NO3. The lowest BCUT2D eigenvalue weighted by molar-refractivity contribution is 0.0699. The van der Waals surface area contributed by atoms with Gasteiger partial charge in [0.05, 0.1) is 28.9 Å². The molecule has 116 valence electrons. The number of carboxylic acids is 1. The number of methoxy groups -OCH3 is 1. The molecular weight excluding hydrogens is 337 g/mol. The van der Waals surface area contributed by atoms with Gasteiger partial charge >= 0.3 is 5.97 Å². The fourth-order valence-corrected chi connectivity index (χ4v) is 2.78. The monoisotopic (exact) mass is 347 g/mol. The van der Waals surface area contributed by atoms with E-state index in [0.717, 1.165) is 0 Å². The van der Waals surface area contributed by atoms with E-state index in [9.17, 15) is 9.90 Å². The van der Waals surface area contributed by atoms with Gasteiger partial charge in [0.2, 0.25) is 0 Å². The fraction of sp³-hybridized carbons (Fsp3) is 0.0588. The highest BCUT2D eigenvalue weighted by Gasteiger charge is 2.14. The molecule has 0 saturated heterocycles. The molecule has 3 rings (SSSR count). The summed E-state index contributed by atoms with van der Waals surface area (Å²) in [5.74, 6) is -0.498. The predicted molar refractivity (Wildman–Crippen MR) is 90.7 cm³/mol. The third-order valence-corrected chi connectivity index (χ3v) is 3.98. The lowest BCUT2D eigenvalue weighted by atomic mass is 10.0. The highest BCUT2D eigenvalue weighted by atomic mass is 35.5. The van der Waals surface area contributed by atoms with Crippen LogP contribution in [0.5, 0.6) is 5.75 Å². The first-order valence-corrected chi connectivity index (χ1v) is 7.42. The van der Waals surface area contributed by atoms with Gasteiger partial charge in [0.25, 0.3) is 0 Å². The van der Waals surface area contributed by atoms with Crippen molar-refractivity contribution in [1.29, 1.82) is 0 Å². The molecule has 23 heavy (non-hydrogen) atoms. The van der Waals surface area contributed by atoms with Gasteiger partial charge < -0.3 is 9.84 Å². The Kier molecular flexibility index (Phi) is 4.11. The molecule has 2 aromatic carbocycles. The van der Waals surface area contributed by atoms with E-state index in [-0.39, 0.29) is 5.56 Å². The number of ether oxygens (including phenoxy) is 1. The number of hydrogen-bond donors (Lipinski definition) is 1. The number of fused-ring (bicyclic) bond motifs is 1. The van der Waals surface area contributed by atoms with Crippen LogP contribution < -0.4 is 4.74 Å². The van der Waals surface area contributed by atoms with Crippen molar-refractivity contribution < 1.29 is 14.6 Å². The molecule has 4 nitrogen and oxygen atoms in total. The highest BCUT2D eigenvalue weighted by molar-refractivity contribution is 6.32. The van der Waals surface area contributed by atoms with Crippen molar-refractivity contribution in [3.8, 4) is 17.0 Å². The summed E-state index contributed by atoms with van der Waals surface area (Å²) in [6.07, 6.45) is 0. The normalized spacial score (nSPS) is 10.7. The van der Waals surface area contributed by atoms with E-state index < -0.39 is 5.97 Å². The van der Waals surface area contributed by atoms with Crippen molar-refractivity contribution in [2.75, 3.05) is 7.11 Å². The van der Waals surface area contributed by atoms with Gasteiger partial charge in [0.1, 0.15) is 5.75 Å². The number of carboxylic acid groups (broad SMARTS) is 1. The molecule has 0 unspecified atom stereocenters. The first-order valence-electron chi connectivity index (χ1n) is 6.67. The van der Waals surface area contributed by atoms with Gasteiger partial charge in [-0.3, -0.25) is 0 Å². The van der Waals surface area contributed by atoms with Gasteiger partial charge in [-0.2, -0.15) is 0 Å². The SMILES string of the molecule is COc1ccc(-c2cc(C(=O)O)c3cc(Cl)ccc3n2)cc1Cl. The number of aromatic nitrogens is 1. The van der Waals surface area contributed by atoms with Gasteiger partial charge in [-0.15, -0.1) is 0 Å². The van der Waals surface area contributed by atoms with E-state index in [4.69, 9.17) is 27.9 Å². The Bertz CT molecular complexity index is 925. The van der Waals surface area contributed by atoms with Crippen LogP contribution in [0.2, 0.25) is 10.0 Å². The maximum absolute atomic E-state index is 11.6. The minimum atomic E-state index is -1.04. The van der Waals surface area contributed by atoms with Crippen molar-refractivity contribution in [1.82, 2.24) is 4.98 Å². The minimum absolute atomic E-state index is 0.138. The molecule has 0 aliphatic heterocycles. The second kappa shape index (κ2) is 6.07. The quantitative estimate of drug-likeness (QED) is 0.730. The van der Waals surface area contributed by atoms with Crippen LogP contribution in [0.3, 0.4) is 0 Å². The molecule has 0 atom stereocenters. The number of carbonyl (C=O) groups is 1. The van der Waals surface area contributed by atoms with E-state index >= 15 is 0 Å². The zero-order valence-corrected chi connectivity index (χ0v) is 13.5. The van der Waals surface area contributed by atoms with E-state index in [1.165, 1.54) is 13.2 Å². The van der Waals surface area contributed by atoms with E-state index in [1.54, 1.807) is 36.4 Å². The van der Waals surface area contributed by atoms with Crippen LogP contribution in [0.15, 0.2) is 42.5 Å². The van der Waals surface area contributed by atoms with Crippen LogP contribution in [0.4, 0.5) is 0 Å². The van der Waals surface area contributed by atoms with Crippen molar-refractivity contribution in [3.05, 3.63) is 58.1 Å². The molecule has 0 fully saturated rings. The third-order valence-electron chi connectivity index (χ3n) is 3.45. The molecule has 1 heterocycles. The van der Waals surface area contributed by atoms with Crippen LogP contribution in [-0.4, -0.2) is 23.2 Å².